The molecule has 1 heterocycles. The zero-order valence-electron chi connectivity index (χ0n) is 10.4. The Labute approximate surface area is 107 Å². The maximum atomic E-state index is 13.5. The maximum Gasteiger partial charge on any atom is 0.146 e. The fraction of sp³-hybridized carbons (Fsp3) is 0.500. The number of rotatable bonds is 4. The summed E-state index contributed by atoms with van der Waals surface area (Å²) in [7, 11) is 0. The van der Waals surface area contributed by atoms with Gasteiger partial charge in [-0.05, 0) is 25.0 Å². The van der Waals surface area contributed by atoms with Crippen LogP contribution >= 0.6 is 0 Å². The monoisotopic (exact) mass is 247 g/mol. The molecular weight excluding hydrogens is 229 g/mol. The van der Waals surface area contributed by atoms with Gasteiger partial charge in [0.15, 0.2) is 0 Å². The summed E-state index contributed by atoms with van der Waals surface area (Å²) in [6.45, 7) is 2.81. The van der Waals surface area contributed by atoms with Crippen molar-refractivity contribution < 1.29 is 4.39 Å². The predicted molar refractivity (Wildman–Crippen MR) is 69.7 cm³/mol. The Bertz CT molecular complexity index is 419. The van der Waals surface area contributed by atoms with E-state index in [0.29, 0.717) is 18.2 Å². The Balaban J connectivity index is 1.80. The van der Waals surface area contributed by atoms with Crippen LogP contribution in [0.25, 0.3) is 0 Å². The number of hydrogen-bond donors (Lipinski definition) is 1. The molecule has 1 fully saturated rings. The van der Waals surface area contributed by atoms with Gasteiger partial charge < -0.3 is 10.2 Å². The highest BCUT2D eigenvalue weighted by atomic mass is 19.1. The first-order valence-electron chi connectivity index (χ1n) is 6.40. The second kappa shape index (κ2) is 6.36. The molecule has 4 heteroatoms. The normalized spacial score (nSPS) is 17.3. The number of likely N-dealkylation sites (tertiary alicyclic amines) is 1. The lowest BCUT2D eigenvalue weighted by Gasteiger charge is -2.32. The lowest BCUT2D eigenvalue weighted by atomic mass is 10.0. The number of para-hydroxylation sites is 1. The summed E-state index contributed by atoms with van der Waals surface area (Å²) >= 11 is 0. The van der Waals surface area contributed by atoms with Gasteiger partial charge in [-0.1, -0.05) is 12.1 Å². The standard InChI is InChI=1S/C14H18FN3/c15-13-4-1-2-5-14(13)17-12-6-10-18(11-7-12)9-3-8-16/h1-2,4-5,12,17H,3,6-7,9-11H2. The van der Waals surface area contributed by atoms with E-state index in [9.17, 15) is 4.39 Å². The van der Waals surface area contributed by atoms with Crippen molar-refractivity contribution in [1.29, 1.82) is 5.26 Å². The van der Waals surface area contributed by atoms with Crippen molar-refractivity contribution in [1.82, 2.24) is 4.90 Å². The Morgan fingerprint density at radius 3 is 2.72 bits per heavy atom. The van der Waals surface area contributed by atoms with Crippen molar-refractivity contribution in [2.24, 2.45) is 0 Å². The van der Waals surface area contributed by atoms with Crippen molar-refractivity contribution in [3.05, 3.63) is 30.1 Å². The highest BCUT2D eigenvalue weighted by molar-refractivity contribution is 5.45. The molecule has 1 aliphatic heterocycles. The van der Waals surface area contributed by atoms with Gasteiger partial charge in [0.25, 0.3) is 0 Å². The topological polar surface area (TPSA) is 39.1 Å². The van der Waals surface area contributed by atoms with Crippen LogP contribution in [-0.4, -0.2) is 30.6 Å². The molecule has 0 spiro atoms. The molecule has 1 aromatic carbocycles. The molecule has 0 amide bonds. The predicted octanol–water partition coefficient (Wildman–Crippen LogP) is 2.62. The second-order valence-electron chi connectivity index (χ2n) is 4.65. The second-order valence-corrected chi connectivity index (χ2v) is 4.65. The van der Waals surface area contributed by atoms with Gasteiger partial charge in [-0.3, -0.25) is 0 Å². The SMILES string of the molecule is N#CCCN1CCC(Nc2ccccc2F)CC1. The van der Waals surface area contributed by atoms with Crippen LogP contribution in [0.5, 0.6) is 0 Å². The largest absolute Gasteiger partial charge is 0.380 e. The van der Waals surface area contributed by atoms with Gasteiger partial charge in [0, 0.05) is 32.1 Å². The highest BCUT2D eigenvalue weighted by Gasteiger charge is 2.19. The lowest BCUT2D eigenvalue weighted by Crippen LogP contribution is -2.39. The summed E-state index contributed by atoms with van der Waals surface area (Å²) in [5.74, 6) is -0.190. The van der Waals surface area contributed by atoms with Gasteiger partial charge >= 0.3 is 0 Å². The van der Waals surface area contributed by atoms with E-state index in [0.717, 1.165) is 32.5 Å². The van der Waals surface area contributed by atoms with E-state index in [2.05, 4.69) is 16.3 Å². The third-order valence-electron chi connectivity index (χ3n) is 3.36. The smallest absolute Gasteiger partial charge is 0.146 e. The summed E-state index contributed by atoms with van der Waals surface area (Å²) in [6.07, 6.45) is 2.59. The first-order valence-corrected chi connectivity index (χ1v) is 6.40. The minimum atomic E-state index is -0.190. The zero-order valence-corrected chi connectivity index (χ0v) is 10.4. The van der Waals surface area contributed by atoms with E-state index in [1.807, 2.05) is 6.07 Å². The van der Waals surface area contributed by atoms with Crippen LogP contribution in [0, 0.1) is 17.1 Å². The fourth-order valence-corrected chi connectivity index (χ4v) is 2.31. The van der Waals surface area contributed by atoms with Gasteiger partial charge in [-0.25, -0.2) is 4.39 Å². The Hall–Kier alpha value is -1.60. The number of anilines is 1. The van der Waals surface area contributed by atoms with Gasteiger partial charge in [-0.2, -0.15) is 5.26 Å². The molecule has 0 aromatic heterocycles. The molecule has 1 aliphatic rings. The summed E-state index contributed by atoms with van der Waals surface area (Å²) < 4.78 is 13.5. The number of hydrogen-bond acceptors (Lipinski definition) is 3. The van der Waals surface area contributed by atoms with E-state index in [1.54, 1.807) is 12.1 Å². The van der Waals surface area contributed by atoms with Crippen LogP contribution < -0.4 is 5.32 Å². The van der Waals surface area contributed by atoms with Gasteiger partial charge in [-0.15, -0.1) is 0 Å². The third kappa shape index (κ3) is 3.44. The lowest BCUT2D eigenvalue weighted by molar-refractivity contribution is 0.223. The Morgan fingerprint density at radius 1 is 1.33 bits per heavy atom. The number of halogens is 1. The summed E-state index contributed by atoms with van der Waals surface area (Å²) in [4.78, 5) is 2.29. The van der Waals surface area contributed by atoms with Crippen LogP contribution in [0.2, 0.25) is 0 Å². The van der Waals surface area contributed by atoms with Crippen LogP contribution in [0.15, 0.2) is 24.3 Å². The van der Waals surface area contributed by atoms with E-state index in [4.69, 9.17) is 5.26 Å². The number of nitrogens with zero attached hydrogens (tertiary/aromatic N) is 2. The molecule has 1 aromatic rings. The fourth-order valence-electron chi connectivity index (χ4n) is 2.31. The number of nitriles is 1. The van der Waals surface area contributed by atoms with Gasteiger partial charge in [0.05, 0.1) is 11.8 Å². The maximum absolute atomic E-state index is 13.5. The average Bonchev–Trinajstić information content (AvgIpc) is 2.41. The third-order valence-corrected chi connectivity index (χ3v) is 3.36. The molecule has 0 saturated carbocycles. The number of piperidine rings is 1. The highest BCUT2D eigenvalue weighted by Crippen LogP contribution is 2.19. The molecule has 0 radical (unpaired) electrons. The van der Waals surface area contributed by atoms with E-state index >= 15 is 0 Å². The zero-order chi connectivity index (χ0) is 12.8. The van der Waals surface area contributed by atoms with Crippen LogP contribution in [0.4, 0.5) is 10.1 Å². The quantitative estimate of drug-likeness (QED) is 0.889. The molecular formula is C14H18FN3. The summed E-state index contributed by atoms with van der Waals surface area (Å²) in [5.41, 5.74) is 0.591. The van der Waals surface area contributed by atoms with Gasteiger partial charge in [0.2, 0.25) is 0 Å². The molecule has 2 rings (SSSR count). The van der Waals surface area contributed by atoms with Crippen molar-refractivity contribution >= 4 is 5.69 Å². The molecule has 0 atom stereocenters. The molecule has 1 saturated heterocycles. The van der Waals surface area contributed by atoms with Crippen LogP contribution in [0.3, 0.4) is 0 Å². The molecule has 0 unspecified atom stereocenters. The minimum Gasteiger partial charge on any atom is -0.380 e. The molecule has 0 bridgehead atoms. The summed E-state index contributed by atoms with van der Waals surface area (Å²) in [6, 6.07) is 9.29. The first kappa shape index (κ1) is 12.8. The Kier molecular flexibility index (Phi) is 4.54. The van der Waals surface area contributed by atoms with Crippen molar-refractivity contribution in [2.45, 2.75) is 25.3 Å². The average molecular weight is 247 g/mol. The number of nitrogens with one attached hydrogen (secondary N) is 1. The first-order chi connectivity index (χ1) is 8.79. The molecule has 1 N–H and O–H groups in total. The van der Waals surface area contributed by atoms with Crippen molar-refractivity contribution in [3.8, 4) is 6.07 Å². The van der Waals surface area contributed by atoms with E-state index in [1.165, 1.54) is 6.07 Å². The Morgan fingerprint density at radius 2 is 2.06 bits per heavy atom. The number of benzene rings is 1. The van der Waals surface area contributed by atoms with Gasteiger partial charge in [0.1, 0.15) is 5.82 Å². The van der Waals surface area contributed by atoms with E-state index in [-0.39, 0.29) is 5.82 Å². The summed E-state index contributed by atoms with van der Waals surface area (Å²) in [5, 5.41) is 11.8. The van der Waals surface area contributed by atoms with Crippen molar-refractivity contribution in [3.63, 3.8) is 0 Å². The molecule has 96 valence electrons. The molecule has 3 nitrogen and oxygen atoms in total. The van der Waals surface area contributed by atoms with E-state index < -0.39 is 0 Å². The van der Waals surface area contributed by atoms with Crippen LogP contribution in [0.1, 0.15) is 19.3 Å². The molecule has 0 aliphatic carbocycles. The van der Waals surface area contributed by atoms with Crippen molar-refractivity contribution in [2.75, 3.05) is 25.0 Å². The molecule has 18 heavy (non-hydrogen) atoms. The van der Waals surface area contributed by atoms with Crippen LogP contribution in [-0.2, 0) is 0 Å². The minimum absolute atomic E-state index is 0.190.